The Labute approximate surface area is 261 Å². The van der Waals surface area contributed by atoms with E-state index >= 15 is 0 Å². The second kappa shape index (κ2) is 11.5. The van der Waals surface area contributed by atoms with Crippen molar-refractivity contribution in [1.82, 2.24) is 9.97 Å². The predicted octanol–water partition coefficient (Wildman–Crippen LogP) is 9.87. The van der Waals surface area contributed by atoms with Gasteiger partial charge in [-0.15, -0.1) is 0 Å². The molecule has 0 bridgehead atoms. The van der Waals surface area contributed by atoms with Gasteiger partial charge in [-0.3, -0.25) is 14.8 Å². The predicted molar refractivity (Wildman–Crippen MR) is 183 cm³/mol. The van der Waals surface area contributed by atoms with Gasteiger partial charge in [0.2, 0.25) is 5.91 Å². The quantitative estimate of drug-likeness (QED) is 0.208. The number of hydrogen-bond acceptors (Lipinski definition) is 3. The standard InChI is InChI=1S/C40H41N3O/c1-39(2,3)34-14-9-7-12-32(34)36-19-17-27(25-41-36)29-22-30(24-31(23-29)43-21-11-16-38(43)44)28-18-20-37(42-26-28)33-13-8-10-15-35(33)40(4,5)6/h7-10,12-15,17-20,22-26H,11,16,21H2,1-6H3. The van der Waals surface area contributed by atoms with Crippen LogP contribution < -0.4 is 4.90 Å². The minimum Gasteiger partial charge on any atom is -0.312 e. The number of amides is 1. The van der Waals surface area contributed by atoms with Crippen LogP contribution in [0.2, 0.25) is 0 Å². The van der Waals surface area contributed by atoms with Crippen LogP contribution in [0.4, 0.5) is 5.69 Å². The smallest absolute Gasteiger partial charge is 0.227 e. The van der Waals surface area contributed by atoms with Crippen molar-refractivity contribution >= 4 is 11.6 Å². The van der Waals surface area contributed by atoms with Crippen LogP contribution in [0.25, 0.3) is 44.8 Å². The summed E-state index contributed by atoms with van der Waals surface area (Å²) in [6, 6.07) is 31.9. The first-order valence-electron chi connectivity index (χ1n) is 15.6. The van der Waals surface area contributed by atoms with Gasteiger partial charge in [0.1, 0.15) is 0 Å². The van der Waals surface area contributed by atoms with E-state index in [0.29, 0.717) is 6.42 Å². The van der Waals surface area contributed by atoms with E-state index in [1.54, 1.807) is 0 Å². The first-order valence-corrected chi connectivity index (χ1v) is 15.6. The molecule has 0 aliphatic carbocycles. The number of benzene rings is 3. The molecule has 4 nitrogen and oxygen atoms in total. The lowest BCUT2D eigenvalue weighted by atomic mass is 9.83. The van der Waals surface area contributed by atoms with Gasteiger partial charge < -0.3 is 4.90 Å². The highest BCUT2D eigenvalue weighted by molar-refractivity contribution is 5.97. The molecule has 1 amide bonds. The normalized spacial score (nSPS) is 13.9. The number of nitrogens with zero attached hydrogens (tertiary/aromatic N) is 3. The number of hydrogen-bond donors (Lipinski definition) is 0. The molecule has 0 unspecified atom stereocenters. The van der Waals surface area contributed by atoms with Crippen molar-refractivity contribution in [1.29, 1.82) is 0 Å². The summed E-state index contributed by atoms with van der Waals surface area (Å²) in [6.45, 7) is 14.1. The molecule has 1 aliphatic heterocycles. The molecule has 0 saturated carbocycles. The van der Waals surface area contributed by atoms with E-state index < -0.39 is 0 Å². The third-order valence-electron chi connectivity index (χ3n) is 8.52. The Morgan fingerprint density at radius 3 is 1.45 bits per heavy atom. The molecule has 1 saturated heterocycles. The van der Waals surface area contributed by atoms with Crippen LogP contribution in [0.1, 0.15) is 65.5 Å². The van der Waals surface area contributed by atoms with Gasteiger partial charge in [0, 0.05) is 53.3 Å². The maximum absolute atomic E-state index is 12.8. The Morgan fingerprint density at radius 1 is 0.591 bits per heavy atom. The van der Waals surface area contributed by atoms with E-state index in [1.165, 1.54) is 11.1 Å². The van der Waals surface area contributed by atoms with Crippen LogP contribution >= 0.6 is 0 Å². The van der Waals surface area contributed by atoms with Gasteiger partial charge >= 0.3 is 0 Å². The molecular weight excluding hydrogens is 538 g/mol. The lowest BCUT2D eigenvalue weighted by Crippen LogP contribution is -2.23. The van der Waals surface area contributed by atoms with Gasteiger partial charge in [-0.05, 0) is 69.8 Å². The largest absolute Gasteiger partial charge is 0.312 e. The van der Waals surface area contributed by atoms with Crippen molar-refractivity contribution in [3.8, 4) is 44.8 Å². The molecule has 0 radical (unpaired) electrons. The first-order chi connectivity index (χ1) is 21.0. The third kappa shape index (κ3) is 5.94. The van der Waals surface area contributed by atoms with Gasteiger partial charge in [0.25, 0.3) is 0 Å². The van der Waals surface area contributed by atoms with E-state index in [1.807, 2.05) is 17.3 Å². The molecule has 2 aromatic heterocycles. The molecule has 0 N–H and O–H groups in total. The average molecular weight is 580 g/mol. The molecule has 3 heterocycles. The van der Waals surface area contributed by atoms with Crippen molar-refractivity contribution in [2.24, 2.45) is 0 Å². The monoisotopic (exact) mass is 579 g/mol. The fraction of sp³-hybridized carbons (Fsp3) is 0.275. The molecule has 222 valence electrons. The summed E-state index contributed by atoms with van der Waals surface area (Å²) < 4.78 is 0. The maximum atomic E-state index is 12.8. The van der Waals surface area contributed by atoms with Gasteiger partial charge in [0.05, 0.1) is 11.4 Å². The highest BCUT2D eigenvalue weighted by Gasteiger charge is 2.24. The van der Waals surface area contributed by atoms with Crippen molar-refractivity contribution in [2.45, 2.75) is 65.2 Å². The van der Waals surface area contributed by atoms with Crippen molar-refractivity contribution in [3.63, 3.8) is 0 Å². The molecule has 44 heavy (non-hydrogen) atoms. The average Bonchev–Trinajstić information content (AvgIpc) is 3.46. The summed E-state index contributed by atoms with van der Waals surface area (Å²) in [4.78, 5) is 24.6. The van der Waals surface area contributed by atoms with Gasteiger partial charge in [-0.1, -0.05) is 102 Å². The van der Waals surface area contributed by atoms with Crippen molar-refractivity contribution < 1.29 is 4.79 Å². The lowest BCUT2D eigenvalue weighted by molar-refractivity contribution is -0.117. The van der Waals surface area contributed by atoms with E-state index in [-0.39, 0.29) is 16.7 Å². The van der Waals surface area contributed by atoms with Crippen LogP contribution in [-0.4, -0.2) is 22.4 Å². The molecule has 1 aliphatic rings. The SMILES string of the molecule is CC(C)(C)c1ccccc1-c1ccc(-c2cc(-c3ccc(-c4ccccc4C(C)(C)C)nc3)cc(N3CCCC3=O)c2)cn1. The van der Waals surface area contributed by atoms with E-state index in [0.717, 1.165) is 63.4 Å². The van der Waals surface area contributed by atoms with E-state index in [2.05, 4.69) is 133 Å². The highest BCUT2D eigenvalue weighted by Crippen LogP contribution is 2.37. The molecule has 0 atom stereocenters. The van der Waals surface area contributed by atoms with Gasteiger partial charge in [-0.25, -0.2) is 0 Å². The summed E-state index contributed by atoms with van der Waals surface area (Å²) in [5.41, 5.74) is 11.8. The second-order valence-electron chi connectivity index (χ2n) is 13.9. The number of aromatic nitrogens is 2. The zero-order chi connectivity index (χ0) is 31.1. The van der Waals surface area contributed by atoms with Crippen LogP contribution in [0.3, 0.4) is 0 Å². The minimum atomic E-state index is 0.0147. The minimum absolute atomic E-state index is 0.0147. The summed E-state index contributed by atoms with van der Waals surface area (Å²) in [7, 11) is 0. The van der Waals surface area contributed by atoms with E-state index in [4.69, 9.17) is 9.97 Å². The zero-order valence-electron chi connectivity index (χ0n) is 26.7. The van der Waals surface area contributed by atoms with Gasteiger partial charge in [-0.2, -0.15) is 0 Å². The number of carbonyl (C=O) groups is 1. The molecule has 3 aromatic carbocycles. The van der Waals surface area contributed by atoms with Crippen molar-refractivity contribution in [2.75, 3.05) is 11.4 Å². The fourth-order valence-electron chi connectivity index (χ4n) is 6.19. The number of carbonyl (C=O) groups excluding carboxylic acids is 1. The maximum Gasteiger partial charge on any atom is 0.227 e. The molecular formula is C40H41N3O. The summed E-state index contributed by atoms with van der Waals surface area (Å²) in [5, 5.41) is 0. The first kappa shape index (κ1) is 29.5. The summed E-state index contributed by atoms with van der Waals surface area (Å²) in [6.07, 6.45) is 5.38. The number of anilines is 1. The second-order valence-corrected chi connectivity index (χ2v) is 13.9. The third-order valence-corrected chi connectivity index (χ3v) is 8.52. The Kier molecular flexibility index (Phi) is 7.71. The molecule has 6 rings (SSSR count). The molecule has 1 fully saturated rings. The van der Waals surface area contributed by atoms with Crippen LogP contribution in [-0.2, 0) is 15.6 Å². The van der Waals surface area contributed by atoms with Crippen LogP contribution in [0, 0.1) is 0 Å². The lowest BCUT2D eigenvalue weighted by Gasteiger charge is -2.23. The Bertz CT molecular complexity index is 1690. The zero-order valence-corrected chi connectivity index (χ0v) is 26.7. The number of rotatable bonds is 5. The molecule has 5 aromatic rings. The summed E-state index contributed by atoms with van der Waals surface area (Å²) >= 11 is 0. The fourth-order valence-corrected chi connectivity index (χ4v) is 6.19. The molecule has 0 spiro atoms. The Hall–Kier alpha value is -4.57. The molecule has 4 heteroatoms. The Morgan fingerprint density at radius 2 is 1.07 bits per heavy atom. The van der Waals surface area contributed by atoms with Crippen LogP contribution in [0.5, 0.6) is 0 Å². The summed E-state index contributed by atoms with van der Waals surface area (Å²) in [5.74, 6) is 0.174. The highest BCUT2D eigenvalue weighted by atomic mass is 16.2. The topological polar surface area (TPSA) is 46.1 Å². The van der Waals surface area contributed by atoms with E-state index in [9.17, 15) is 4.79 Å². The van der Waals surface area contributed by atoms with Crippen LogP contribution in [0.15, 0.2) is 103 Å². The van der Waals surface area contributed by atoms with Crippen molar-refractivity contribution in [3.05, 3.63) is 115 Å². The number of pyridine rings is 2. The Balaban J connectivity index is 1.39. The van der Waals surface area contributed by atoms with Gasteiger partial charge in [0.15, 0.2) is 0 Å².